The molecule has 0 saturated carbocycles. The highest BCUT2D eigenvalue weighted by Gasteiger charge is 2.08. The quantitative estimate of drug-likeness (QED) is 0.848. The predicted octanol–water partition coefficient (Wildman–Crippen LogP) is 2.03. The van der Waals surface area contributed by atoms with Crippen molar-refractivity contribution in [2.45, 2.75) is 19.4 Å². The predicted molar refractivity (Wildman–Crippen MR) is 63.8 cm³/mol. The molecule has 0 aliphatic carbocycles. The highest BCUT2D eigenvalue weighted by atomic mass is 14.8. The van der Waals surface area contributed by atoms with E-state index in [-0.39, 0.29) is 6.04 Å². The summed E-state index contributed by atoms with van der Waals surface area (Å²) in [4.78, 5) is 8.54. The summed E-state index contributed by atoms with van der Waals surface area (Å²) in [5, 5.41) is 0. The highest BCUT2D eigenvalue weighted by Crippen LogP contribution is 2.13. The van der Waals surface area contributed by atoms with Crippen LogP contribution in [0, 0.1) is 6.92 Å². The Kier molecular flexibility index (Phi) is 3.27. The molecule has 2 N–H and O–H groups in total. The molecular formula is C13H15N3. The standard InChI is InChI=1S/C13H15N3/c1-10-5-7-16-13(8-10)12(14)9-11-4-2-3-6-15-11/h2-8,12H,9,14H2,1H3. The third-order valence-electron chi connectivity index (χ3n) is 2.47. The second kappa shape index (κ2) is 4.86. The molecule has 0 aromatic carbocycles. The van der Waals surface area contributed by atoms with Gasteiger partial charge in [-0.1, -0.05) is 6.07 Å². The van der Waals surface area contributed by atoms with Gasteiger partial charge in [-0.2, -0.15) is 0 Å². The number of nitrogens with two attached hydrogens (primary N) is 1. The Hall–Kier alpha value is -1.74. The normalized spacial score (nSPS) is 12.4. The molecule has 0 radical (unpaired) electrons. The van der Waals surface area contributed by atoms with Gasteiger partial charge < -0.3 is 5.73 Å². The maximum absolute atomic E-state index is 6.09. The summed E-state index contributed by atoms with van der Waals surface area (Å²) in [6, 6.07) is 9.76. The fourth-order valence-corrected chi connectivity index (χ4v) is 1.61. The van der Waals surface area contributed by atoms with Crippen LogP contribution >= 0.6 is 0 Å². The zero-order chi connectivity index (χ0) is 11.4. The van der Waals surface area contributed by atoms with Crippen LogP contribution in [0.4, 0.5) is 0 Å². The fraction of sp³-hybridized carbons (Fsp3) is 0.231. The molecule has 82 valence electrons. The molecule has 1 unspecified atom stereocenters. The van der Waals surface area contributed by atoms with Gasteiger partial charge in [0, 0.05) is 24.5 Å². The van der Waals surface area contributed by atoms with E-state index < -0.39 is 0 Å². The average molecular weight is 213 g/mol. The van der Waals surface area contributed by atoms with Gasteiger partial charge in [-0.05, 0) is 36.8 Å². The van der Waals surface area contributed by atoms with Crippen molar-refractivity contribution in [3.8, 4) is 0 Å². The summed E-state index contributed by atoms with van der Waals surface area (Å²) in [6.45, 7) is 2.04. The molecule has 3 heteroatoms. The minimum Gasteiger partial charge on any atom is -0.322 e. The second-order valence-electron chi connectivity index (χ2n) is 3.89. The molecule has 2 heterocycles. The zero-order valence-electron chi connectivity index (χ0n) is 9.30. The molecule has 2 rings (SSSR count). The van der Waals surface area contributed by atoms with Crippen LogP contribution < -0.4 is 5.73 Å². The molecule has 0 aliphatic heterocycles. The molecule has 0 bridgehead atoms. The second-order valence-corrected chi connectivity index (χ2v) is 3.89. The molecule has 3 nitrogen and oxygen atoms in total. The number of pyridine rings is 2. The summed E-state index contributed by atoms with van der Waals surface area (Å²) in [5.74, 6) is 0. The van der Waals surface area contributed by atoms with Gasteiger partial charge in [0.25, 0.3) is 0 Å². The van der Waals surface area contributed by atoms with Crippen LogP contribution in [-0.2, 0) is 6.42 Å². The van der Waals surface area contributed by atoms with Crippen LogP contribution in [0.25, 0.3) is 0 Å². The third kappa shape index (κ3) is 2.64. The van der Waals surface area contributed by atoms with E-state index in [9.17, 15) is 0 Å². The summed E-state index contributed by atoms with van der Waals surface area (Å²) in [6.07, 6.45) is 4.30. The van der Waals surface area contributed by atoms with Crippen molar-refractivity contribution in [3.63, 3.8) is 0 Å². The van der Waals surface area contributed by atoms with Gasteiger partial charge in [0.1, 0.15) is 0 Å². The monoisotopic (exact) mass is 213 g/mol. The number of aryl methyl sites for hydroxylation is 1. The van der Waals surface area contributed by atoms with Crippen molar-refractivity contribution >= 4 is 0 Å². The van der Waals surface area contributed by atoms with Gasteiger partial charge in [-0.25, -0.2) is 0 Å². The smallest absolute Gasteiger partial charge is 0.0577 e. The van der Waals surface area contributed by atoms with E-state index in [0.29, 0.717) is 0 Å². The maximum atomic E-state index is 6.09. The largest absolute Gasteiger partial charge is 0.322 e. The molecule has 2 aromatic heterocycles. The minimum absolute atomic E-state index is 0.0881. The van der Waals surface area contributed by atoms with Crippen LogP contribution in [0.15, 0.2) is 42.7 Å². The van der Waals surface area contributed by atoms with Gasteiger partial charge >= 0.3 is 0 Å². The molecular weight excluding hydrogens is 198 g/mol. The Morgan fingerprint density at radius 1 is 1.19 bits per heavy atom. The van der Waals surface area contributed by atoms with Crippen LogP contribution in [0.2, 0.25) is 0 Å². The maximum Gasteiger partial charge on any atom is 0.0577 e. The van der Waals surface area contributed by atoms with Gasteiger partial charge in [-0.15, -0.1) is 0 Å². The lowest BCUT2D eigenvalue weighted by atomic mass is 10.1. The van der Waals surface area contributed by atoms with E-state index in [1.165, 1.54) is 5.56 Å². The first-order chi connectivity index (χ1) is 7.75. The van der Waals surface area contributed by atoms with E-state index in [0.717, 1.165) is 17.8 Å². The van der Waals surface area contributed by atoms with Gasteiger partial charge in [0.15, 0.2) is 0 Å². The summed E-state index contributed by atoms with van der Waals surface area (Å²) in [5.41, 5.74) is 9.20. The lowest BCUT2D eigenvalue weighted by molar-refractivity contribution is 0.682. The number of hydrogen-bond acceptors (Lipinski definition) is 3. The molecule has 0 amide bonds. The Bertz CT molecular complexity index is 454. The molecule has 0 aliphatic rings. The lowest BCUT2D eigenvalue weighted by Crippen LogP contribution is -2.15. The van der Waals surface area contributed by atoms with Crippen LogP contribution in [0.5, 0.6) is 0 Å². The molecule has 16 heavy (non-hydrogen) atoms. The molecule has 0 fully saturated rings. The Labute approximate surface area is 95.4 Å². The van der Waals surface area contributed by atoms with Gasteiger partial charge in [0.2, 0.25) is 0 Å². The first-order valence-corrected chi connectivity index (χ1v) is 5.34. The zero-order valence-corrected chi connectivity index (χ0v) is 9.30. The minimum atomic E-state index is -0.0881. The number of rotatable bonds is 3. The van der Waals surface area contributed by atoms with Crippen LogP contribution in [-0.4, -0.2) is 9.97 Å². The van der Waals surface area contributed by atoms with Crippen molar-refractivity contribution in [2.24, 2.45) is 5.73 Å². The van der Waals surface area contributed by atoms with E-state index in [2.05, 4.69) is 9.97 Å². The SMILES string of the molecule is Cc1ccnc(C(N)Cc2ccccn2)c1. The Balaban J connectivity index is 2.12. The summed E-state index contributed by atoms with van der Waals surface area (Å²) in [7, 11) is 0. The number of hydrogen-bond donors (Lipinski definition) is 1. The first kappa shape index (κ1) is 10.8. The van der Waals surface area contributed by atoms with E-state index in [1.54, 1.807) is 12.4 Å². The molecule has 2 aromatic rings. The van der Waals surface area contributed by atoms with Crippen molar-refractivity contribution < 1.29 is 0 Å². The Morgan fingerprint density at radius 3 is 2.75 bits per heavy atom. The topological polar surface area (TPSA) is 51.8 Å². The Morgan fingerprint density at radius 2 is 2.06 bits per heavy atom. The molecule has 1 atom stereocenters. The average Bonchev–Trinajstić information content (AvgIpc) is 2.30. The number of aromatic nitrogens is 2. The first-order valence-electron chi connectivity index (χ1n) is 5.34. The van der Waals surface area contributed by atoms with Crippen LogP contribution in [0.1, 0.15) is 23.0 Å². The van der Waals surface area contributed by atoms with Crippen LogP contribution in [0.3, 0.4) is 0 Å². The van der Waals surface area contributed by atoms with Crippen molar-refractivity contribution in [2.75, 3.05) is 0 Å². The van der Waals surface area contributed by atoms with E-state index >= 15 is 0 Å². The van der Waals surface area contributed by atoms with Gasteiger partial charge in [0.05, 0.1) is 11.7 Å². The number of nitrogens with zero attached hydrogens (tertiary/aromatic N) is 2. The third-order valence-corrected chi connectivity index (χ3v) is 2.47. The molecule has 0 saturated heterocycles. The van der Waals surface area contributed by atoms with Gasteiger partial charge in [-0.3, -0.25) is 9.97 Å². The highest BCUT2D eigenvalue weighted by molar-refractivity contribution is 5.18. The van der Waals surface area contributed by atoms with Crippen molar-refractivity contribution in [3.05, 3.63) is 59.7 Å². The van der Waals surface area contributed by atoms with E-state index in [4.69, 9.17) is 5.73 Å². The van der Waals surface area contributed by atoms with Crippen molar-refractivity contribution in [1.29, 1.82) is 0 Å². The lowest BCUT2D eigenvalue weighted by Gasteiger charge is -2.10. The van der Waals surface area contributed by atoms with Crippen molar-refractivity contribution in [1.82, 2.24) is 9.97 Å². The fourth-order valence-electron chi connectivity index (χ4n) is 1.61. The molecule has 0 spiro atoms. The summed E-state index contributed by atoms with van der Waals surface area (Å²) < 4.78 is 0. The summed E-state index contributed by atoms with van der Waals surface area (Å²) >= 11 is 0. The van der Waals surface area contributed by atoms with E-state index in [1.807, 2.05) is 37.3 Å².